The van der Waals surface area contributed by atoms with E-state index in [1.54, 1.807) is 0 Å². The van der Waals surface area contributed by atoms with E-state index in [9.17, 15) is 17.6 Å². The average Bonchev–Trinajstić information content (AvgIpc) is 2.43. The number of pyridine rings is 1. The summed E-state index contributed by atoms with van der Waals surface area (Å²) in [5, 5.41) is 0.209. The fourth-order valence-electron chi connectivity index (χ4n) is 1.59. The lowest BCUT2D eigenvalue weighted by molar-refractivity contribution is 0.0981. The highest BCUT2D eigenvalue weighted by Gasteiger charge is 2.19. The van der Waals surface area contributed by atoms with E-state index in [1.807, 2.05) is 4.72 Å². The third-order valence-corrected chi connectivity index (χ3v) is 3.95. The predicted octanol–water partition coefficient (Wildman–Crippen LogP) is 2.13. The number of benzene rings is 1. The molecule has 0 aliphatic rings. The molecular formula is C13H10ClFN2O3S. The Morgan fingerprint density at radius 1 is 1.33 bits per heavy atom. The zero-order valence-electron chi connectivity index (χ0n) is 10.6. The zero-order chi connectivity index (χ0) is 15.5. The van der Waals surface area contributed by atoms with Crippen molar-refractivity contribution in [3.05, 3.63) is 64.7 Å². The van der Waals surface area contributed by atoms with Gasteiger partial charge in [-0.1, -0.05) is 11.6 Å². The Bertz CT molecular complexity index is 766. The molecular weight excluding hydrogens is 319 g/mol. The van der Waals surface area contributed by atoms with Gasteiger partial charge in [-0.3, -0.25) is 9.78 Å². The molecule has 1 amide bonds. The first-order valence-electron chi connectivity index (χ1n) is 5.76. The van der Waals surface area contributed by atoms with Crippen molar-refractivity contribution in [1.82, 2.24) is 9.71 Å². The topological polar surface area (TPSA) is 76.1 Å². The van der Waals surface area contributed by atoms with E-state index in [0.717, 1.165) is 6.07 Å². The van der Waals surface area contributed by atoms with Crippen molar-refractivity contribution < 1.29 is 17.6 Å². The Hall–Kier alpha value is -1.99. The van der Waals surface area contributed by atoms with Crippen LogP contribution in [0.15, 0.2) is 42.7 Å². The van der Waals surface area contributed by atoms with Gasteiger partial charge in [0.15, 0.2) is 0 Å². The van der Waals surface area contributed by atoms with Gasteiger partial charge in [-0.2, -0.15) is 0 Å². The van der Waals surface area contributed by atoms with Crippen molar-refractivity contribution in [1.29, 1.82) is 0 Å². The monoisotopic (exact) mass is 328 g/mol. The quantitative estimate of drug-likeness (QED) is 0.933. The van der Waals surface area contributed by atoms with E-state index in [0.29, 0.717) is 0 Å². The Balaban J connectivity index is 2.16. The van der Waals surface area contributed by atoms with E-state index in [-0.39, 0.29) is 16.1 Å². The molecule has 1 aromatic heterocycles. The van der Waals surface area contributed by atoms with Gasteiger partial charge in [-0.15, -0.1) is 0 Å². The van der Waals surface area contributed by atoms with Crippen LogP contribution in [-0.2, 0) is 15.8 Å². The summed E-state index contributed by atoms with van der Waals surface area (Å²) in [6.07, 6.45) is 2.68. The predicted molar refractivity (Wildman–Crippen MR) is 75.7 cm³/mol. The van der Waals surface area contributed by atoms with Gasteiger partial charge in [0.1, 0.15) is 5.82 Å². The summed E-state index contributed by atoms with van der Waals surface area (Å²) in [4.78, 5) is 15.5. The standard InChI is InChI=1S/C13H10ClFN2O3S/c14-11-3-4-12(15)10(6-11)8-21(19,20)17-13(18)9-2-1-5-16-7-9/h1-7H,8H2,(H,17,18). The van der Waals surface area contributed by atoms with Crippen LogP contribution in [0, 0.1) is 5.82 Å². The van der Waals surface area contributed by atoms with E-state index in [2.05, 4.69) is 4.98 Å². The highest BCUT2D eigenvalue weighted by atomic mass is 35.5. The summed E-state index contributed by atoms with van der Waals surface area (Å²) >= 11 is 5.69. The number of hydrogen-bond donors (Lipinski definition) is 1. The SMILES string of the molecule is O=C(NS(=O)(=O)Cc1cc(Cl)ccc1F)c1cccnc1. The molecule has 0 bridgehead atoms. The maximum atomic E-state index is 13.5. The van der Waals surface area contributed by atoms with Crippen LogP contribution in [0.4, 0.5) is 4.39 Å². The summed E-state index contributed by atoms with van der Waals surface area (Å²) in [5.41, 5.74) is -0.0263. The minimum atomic E-state index is -4.05. The maximum absolute atomic E-state index is 13.5. The summed E-state index contributed by atoms with van der Waals surface area (Å²) in [7, 11) is -4.05. The molecule has 0 fully saturated rings. The first-order valence-corrected chi connectivity index (χ1v) is 7.79. The number of rotatable bonds is 4. The van der Waals surface area contributed by atoms with Gasteiger partial charge in [0.25, 0.3) is 5.91 Å². The highest BCUT2D eigenvalue weighted by molar-refractivity contribution is 7.89. The Kier molecular flexibility index (Phi) is 4.54. The van der Waals surface area contributed by atoms with Gasteiger partial charge in [0.2, 0.25) is 10.0 Å². The summed E-state index contributed by atoms with van der Waals surface area (Å²) in [5.74, 6) is -2.23. The molecule has 5 nitrogen and oxygen atoms in total. The number of sulfonamides is 1. The lowest BCUT2D eigenvalue weighted by Crippen LogP contribution is -2.31. The molecule has 110 valence electrons. The van der Waals surface area contributed by atoms with Crippen molar-refractivity contribution in [2.45, 2.75) is 5.75 Å². The number of halogens is 2. The van der Waals surface area contributed by atoms with Gasteiger partial charge in [-0.25, -0.2) is 17.5 Å². The van der Waals surface area contributed by atoms with Crippen LogP contribution in [0.1, 0.15) is 15.9 Å². The van der Waals surface area contributed by atoms with Gasteiger partial charge in [-0.05, 0) is 30.3 Å². The molecule has 0 spiro atoms. The molecule has 1 N–H and O–H groups in total. The van der Waals surface area contributed by atoms with Gasteiger partial charge in [0.05, 0.1) is 11.3 Å². The molecule has 8 heteroatoms. The number of carbonyl (C=O) groups is 1. The smallest absolute Gasteiger partial charge is 0.266 e. The molecule has 0 unspecified atom stereocenters. The first kappa shape index (κ1) is 15.4. The number of amides is 1. The third-order valence-electron chi connectivity index (χ3n) is 2.53. The van der Waals surface area contributed by atoms with Gasteiger partial charge < -0.3 is 0 Å². The molecule has 2 rings (SSSR count). The lowest BCUT2D eigenvalue weighted by Gasteiger charge is -2.08. The number of nitrogens with one attached hydrogen (secondary N) is 1. The molecule has 21 heavy (non-hydrogen) atoms. The number of carbonyl (C=O) groups excluding carboxylic acids is 1. The lowest BCUT2D eigenvalue weighted by atomic mass is 10.2. The first-order chi connectivity index (χ1) is 9.87. The fourth-order valence-corrected chi connectivity index (χ4v) is 2.89. The van der Waals surface area contributed by atoms with Crippen LogP contribution in [0.5, 0.6) is 0 Å². The van der Waals surface area contributed by atoms with Crippen molar-refractivity contribution in [3.63, 3.8) is 0 Å². The largest absolute Gasteiger partial charge is 0.268 e. The molecule has 0 aliphatic heterocycles. The second-order valence-electron chi connectivity index (χ2n) is 4.17. The number of hydrogen-bond acceptors (Lipinski definition) is 4. The molecule has 1 aromatic carbocycles. The van der Waals surface area contributed by atoms with Crippen molar-refractivity contribution in [2.75, 3.05) is 0 Å². The summed E-state index contributed by atoms with van der Waals surface area (Å²) in [6.45, 7) is 0. The summed E-state index contributed by atoms with van der Waals surface area (Å²) < 4.78 is 39.1. The minimum absolute atomic E-state index is 0.0904. The van der Waals surface area contributed by atoms with Crippen LogP contribution >= 0.6 is 11.6 Å². The van der Waals surface area contributed by atoms with Crippen LogP contribution in [0.3, 0.4) is 0 Å². The maximum Gasteiger partial charge on any atom is 0.266 e. The Morgan fingerprint density at radius 3 is 2.76 bits per heavy atom. The highest BCUT2D eigenvalue weighted by Crippen LogP contribution is 2.17. The molecule has 0 radical (unpaired) electrons. The molecule has 0 aliphatic carbocycles. The zero-order valence-corrected chi connectivity index (χ0v) is 12.2. The van der Waals surface area contributed by atoms with Crippen molar-refractivity contribution >= 4 is 27.5 Å². The number of aromatic nitrogens is 1. The summed E-state index contributed by atoms with van der Waals surface area (Å²) in [6, 6.07) is 6.48. The second-order valence-corrected chi connectivity index (χ2v) is 6.33. The van der Waals surface area contributed by atoms with Crippen LogP contribution < -0.4 is 4.72 Å². The van der Waals surface area contributed by atoms with E-state index >= 15 is 0 Å². The minimum Gasteiger partial charge on any atom is -0.268 e. The number of nitrogens with zero attached hydrogens (tertiary/aromatic N) is 1. The fraction of sp³-hybridized carbons (Fsp3) is 0.0769. The molecule has 0 atom stereocenters. The second kappa shape index (κ2) is 6.19. The Morgan fingerprint density at radius 2 is 2.10 bits per heavy atom. The van der Waals surface area contributed by atoms with Gasteiger partial charge in [0, 0.05) is 23.0 Å². The average molecular weight is 329 g/mol. The van der Waals surface area contributed by atoms with E-state index in [4.69, 9.17) is 11.6 Å². The van der Waals surface area contributed by atoms with Gasteiger partial charge >= 0.3 is 0 Å². The van der Waals surface area contributed by atoms with E-state index in [1.165, 1.54) is 36.7 Å². The molecule has 0 saturated heterocycles. The molecule has 0 saturated carbocycles. The van der Waals surface area contributed by atoms with Crippen LogP contribution in [-0.4, -0.2) is 19.3 Å². The van der Waals surface area contributed by atoms with Crippen LogP contribution in [0.2, 0.25) is 5.02 Å². The van der Waals surface area contributed by atoms with Crippen molar-refractivity contribution in [3.8, 4) is 0 Å². The normalized spacial score (nSPS) is 11.1. The molecule has 1 heterocycles. The third kappa shape index (κ3) is 4.24. The van der Waals surface area contributed by atoms with E-state index < -0.39 is 27.5 Å². The van der Waals surface area contributed by atoms with Crippen LogP contribution in [0.25, 0.3) is 0 Å². The van der Waals surface area contributed by atoms with Crippen molar-refractivity contribution in [2.24, 2.45) is 0 Å². The Labute approximate surface area is 125 Å². The molecule has 2 aromatic rings.